The monoisotopic (exact) mass is 396 g/mol. The summed E-state index contributed by atoms with van der Waals surface area (Å²) in [5, 5.41) is 5.63. The van der Waals surface area contributed by atoms with Crippen molar-refractivity contribution in [3.05, 3.63) is 60.2 Å². The Bertz CT molecular complexity index is 847. The maximum absolute atomic E-state index is 12.5. The lowest BCUT2D eigenvalue weighted by Crippen LogP contribution is -2.33. The van der Waals surface area contributed by atoms with Gasteiger partial charge in [-0.2, -0.15) is 0 Å². The summed E-state index contributed by atoms with van der Waals surface area (Å²) in [4.78, 5) is 36.4. The van der Waals surface area contributed by atoms with Crippen LogP contribution in [-0.2, 0) is 14.3 Å². The van der Waals surface area contributed by atoms with Crippen molar-refractivity contribution >= 4 is 23.5 Å². The fourth-order valence-corrected chi connectivity index (χ4v) is 3.16. The summed E-state index contributed by atoms with van der Waals surface area (Å²) in [6.07, 6.45) is 4.17. The number of benzene rings is 2. The molecule has 2 amide bonds. The average Bonchev–Trinajstić information content (AvgIpc) is 3.25. The smallest absolute Gasteiger partial charge is 0.344 e. The van der Waals surface area contributed by atoms with E-state index in [0.717, 1.165) is 25.7 Å². The molecule has 1 aliphatic carbocycles. The fraction of sp³-hybridized carbons (Fsp3) is 0.318. The Hall–Kier alpha value is -3.35. The van der Waals surface area contributed by atoms with E-state index in [1.54, 1.807) is 48.5 Å². The van der Waals surface area contributed by atoms with Gasteiger partial charge in [-0.25, -0.2) is 4.79 Å². The molecule has 2 N–H and O–H groups in total. The zero-order chi connectivity index (χ0) is 20.5. The van der Waals surface area contributed by atoms with Crippen molar-refractivity contribution in [1.82, 2.24) is 5.32 Å². The molecular formula is C22H24N2O5. The second-order valence-electron chi connectivity index (χ2n) is 6.81. The molecule has 0 saturated heterocycles. The molecule has 7 nitrogen and oxygen atoms in total. The molecule has 1 fully saturated rings. The van der Waals surface area contributed by atoms with Gasteiger partial charge in [0, 0.05) is 6.04 Å². The summed E-state index contributed by atoms with van der Waals surface area (Å²) in [6, 6.07) is 15.8. The molecular weight excluding hydrogens is 372 g/mol. The predicted octanol–water partition coefficient (Wildman–Crippen LogP) is 2.92. The quantitative estimate of drug-likeness (QED) is 0.669. The number of hydrogen-bond acceptors (Lipinski definition) is 5. The minimum absolute atomic E-state index is 0.178. The van der Waals surface area contributed by atoms with Crippen molar-refractivity contribution in [2.24, 2.45) is 0 Å². The largest absolute Gasteiger partial charge is 0.482 e. The first kappa shape index (κ1) is 20.4. The van der Waals surface area contributed by atoms with Crippen molar-refractivity contribution < 1.29 is 23.9 Å². The van der Waals surface area contributed by atoms with Gasteiger partial charge in [0.05, 0.1) is 11.3 Å². The maximum atomic E-state index is 12.5. The van der Waals surface area contributed by atoms with E-state index in [2.05, 4.69) is 10.6 Å². The number of nitrogens with one attached hydrogen (secondary N) is 2. The van der Waals surface area contributed by atoms with Crippen LogP contribution in [0.3, 0.4) is 0 Å². The van der Waals surface area contributed by atoms with Gasteiger partial charge < -0.3 is 20.1 Å². The number of carbonyl (C=O) groups is 3. The van der Waals surface area contributed by atoms with Gasteiger partial charge in [-0.1, -0.05) is 43.2 Å². The predicted molar refractivity (Wildman–Crippen MR) is 108 cm³/mol. The lowest BCUT2D eigenvalue weighted by molar-refractivity contribution is -0.149. The minimum Gasteiger partial charge on any atom is -0.482 e. The third-order valence-corrected chi connectivity index (χ3v) is 4.60. The summed E-state index contributed by atoms with van der Waals surface area (Å²) < 4.78 is 10.2. The molecule has 0 bridgehead atoms. The summed E-state index contributed by atoms with van der Waals surface area (Å²) >= 11 is 0. The Morgan fingerprint density at radius 2 is 1.59 bits per heavy atom. The van der Waals surface area contributed by atoms with E-state index >= 15 is 0 Å². The van der Waals surface area contributed by atoms with E-state index in [4.69, 9.17) is 9.47 Å². The van der Waals surface area contributed by atoms with Gasteiger partial charge in [0.1, 0.15) is 5.75 Å². The van der Waals surface area contributed by atoms with Crippen LogP contribution in [-0.4, -0.2) is 37.0 Å². The van der Waals surface area contributed by atoms with Gasteiger partial charge in [-0.3, -0.25) is 9.59 Å². The number of esters is 1. The summed E-state index contributed by atoms with van der Waals surface area (Å²) in [5.74, 6) is -0.868. The van der Waals surface area contributed by atoms with Gasteiger partial charge in [-0.05, 0) is 37.1 Å². The SMILES string of the molecule is O=C(COC(=O)COc1ccccc1)Nc1ccccc1C(=O)NC1CCCC1. The standard InChI is InChI=1S/C22H24N2O5/c25-20(14-29-21(26)15-28-17-10-2-1-3-11-17)24-19-13-7-6-12-18(19)22(27)23-16-8-4-5-9-16/h1-3,6-7,10-13,16H,4-5,8-9,14-15H2,(H,23,27)(H,24,25). The van der Waals surface area contributed by atoms with Crippen LogP contribution in [0, 0.1) is 0 Å². The highest BCUT2D eigenvalue weighted by atomic mass is 16.6. The van der Waals surface area contributed by atoms with E-state index < -0.39 is 18.5 Å². The van der Waals surface area contributed by atoms with Crippen molar-refractivity contribution in [1.29, 1.82) is 0 Å². The van der Waals surface area contributed by atoms with Crippen molar-refractivity contribution in [3.8, 4) is 5.75 Å². The van der Waals surface area contributed by atoms with Gasteiger partial charge in [0.2, 0.25) is 0 Å². The van der Waals surface area contributed by atoms with E-state index in [1.165, 1.54) is 0 Å². The van der Waals surface area contributed by atoms with Crippen LogP contribution < -0.4 is 15.4 Å². The number of anilines is 1. The molecule has 2 aromatic rings. The minimum atomic E-state index is -0.656. The Kier molecular flexibility index (Phi) is 7.22. The summed E-state index contributed by atoms with van der Waals surface area (Å²) in [5.41, 5.74) is 0.760. The molecule has 7 heteroatoms. The second kappa shape index (κ2) is 10.3. The Labute approximate surface area is 169 Å². The molecule has 1 aliphatic rings. The zero-order valence-corrected chi connectivity index (χ0v) is 16.1. The zero-order valence-electron chi connectivity index (χ0n) is 16.1. The third kappa shape index (κ3) is 6.34. The molecule has 0 radical (unpaired) electrons. The van der Waals surface area contributed by atoms with Gasteiger partial charge in [-0.15, -0.1) is 0 Å². The number of rotatable bonds is 8. The summed E-state index contributed by atoms with van der Waals surface area (Å²) in [7, 11) is 0. The number of amides is 2. The van der Waals surface area contributed by atoms with E-state index in [9.17, 15) is 14.4 Å². The highest BCUT2D eigenvalue weighted by Crippen LogP contribution is 2.20. The van der Waals surface area contributed by atoms with Crippen LogP contribution in [0.25, 0.3) is 0 Å². The van der Waals surface area contributed by atoms with Crippen LogP contribution in [0.5, 0.6) is 5.75 Å². The first-order valence-electron chi connectivity index (χ1n) is 9.65. The Morgan fingerprint density at radius 1 is 0.897 bits per heavy atom. The first-order valence-corrected chi connectivity index (χ1v) is 9.65. The second-order valence-corrected chi connectivity index (χ2v) is 6.81. The fourth-order valence-electron chi connectivity index (χ4n) is 3.16. The Morgan fingerprint density at radius 3 is 2.34 bits per heavy atom. The van der Waals surface area contributed by atoms with Crippen LogP contribution in [0.15, 0.2) is 54.6 Å². The van der Waals surface area contributed by atoms with Gasteiger partial charge in [0.15, 0.2) is 13.2 Å². The highest BCUT2D eigenvalue weighted by molar-refractivity contribution is 6.04. The van der Waals surface area contributed by atoms with E-state index in [1.807, 2.05) is 6.07 Å². The molecule has 0 heterocycles. The molecule has 0 atom stereocenters. The lowest BCUT2D eigenvalue weighted by Gasteiger charge is -2.15. The number of carbonyl (C=O) groups excluding carboxylic acids is 3. The molecule has 0 aromatic heterocycles. The third-order valence-electron chi connectivity index (χ3n) is 4.60. The number of hydrogen-bond donors (Lipinski definition) is 2. The van der Waals surface area contributed by atoms with Gasteiger partial charge in [0.25, 0.3) is 11.8 Å². The molecule has 3 rings (SSSR count). The topological polar surface area (TPSA) is 93.7 Å². The van der Waals surface area contributed by atoms with Crippen LogP contribution in [0.4, 0.5) is 5.69 Å². The van der Waals surface area contributed by atoms with Gasteiger partial charge >= 0.3 is 5.97 Å². The molecule has 152 valence electrons. The average molecular weight is 396 g/mol. The first-order chi connectivity index (χ1) is 14.1. The maximum Gasteiger partial charge on any atom is 0.344 e. The van der Waals surface area contributed by atoms with Crippen LogP contribution in [0.1, 0.15) is 36.0 Å². The molecule has 0 unspecified atom stereocenters. The van der Waals surface area contributed by atoms with Crippen molar-refractivity contribution in [2.45, 2.75) is 31.7 Å². The normalized spacial score (nSPS) is 13.5. The van der Waals surface area contributed by atoms with E-state index in [0.29, 0.717) is 17.0 Å². The number of ether oxygens (including phenoxy) is 2. The van der Waals surface area contributed by atoms with Crippen LogP contribution >= 0.6 is 0 Å². The van der Waals surface area contributed by atoms with Crippen LogP contribution in [0.2, 0.25) is 0 Å². The molecule has 2 aromatic carbocycles. The molecule has 1 saturated carbocycles. The molecule has 29 heavy (non-hydrogen) atoms. The van der Waals surface area contributed by atoms with Crippen molar-refractivity contribution in [3.63, 3.8) is 0 Å². The Balaban J connectivity index is 1.47. The van der Waals surface area contributed by atoms with Crippen molar-refractivity contribution in [2.75, 3.05) is 18.5 Å². The molecule has 0 aliphatic heterocycles. The lowest BCUT2D eigenvalue weighted by atomic mass is 10.1. The number of para-hydroxylation sites is 2. The van der Waals surface area contributed by atoms with E-state index in [-0.39, 0.29) is 18.6 Å². The highest BCUT2D eigenvalue weighted by Gasteiger charge is 2.20. The molecule has 0 spiro atoms. The summed E-state index contributed by atoms with van der Waals surface area (Å²) in [6.45, 7) is -0.757.